The summed E-state index contributed by atoms with van der Waals surface area (Å²) in [5, 5.41) is 3.90. The molecule has 1 aliphatic rings. The summed E-state index contributed by atoms with van der Waals surface area (Å²) in [7, 11) is 1.72. The van der Waals surface area contributed by atoms with Gasteiger partial charge in [0.15, 0.2) is 0 Å². The van der Waals surface area contributed by atoms with Crippen LogP contribution in [0.3, 0.4) is 0 Å². The van der Waals surface area contributed by atoms with Gasteiger partial charge in [-0.2, -0.15) is 0 Å². The highest BCUT2D eigenvalue weighted by Crippen LogP contribution is 2.27. The number of nitrogens with one attached hydrogen (secondary N) is 1. The molecule has 0 bridgehead atoms. The molecule has 2 aromatic rings. The lowest BCUT2D eigenvalue weighted by atomic mass is 9.90. The second kappa shape index (κ2) is 9.71. The molecular formula is C22H29NO2. The van der Waals surface area contributed by atoms with E-state index in [2.05, 4.69) is 66.0 Å². The number of benzene rings is 2. The van der Waals surface area contributed by atoms with Crippen molar-refractivity contribution in [3.63, 3.8) is 0 Å². The van der Waals surface area contributed by atoms with Gasteiger partial charge in [-0.05, 0) is 36.8 Å². The van der Waals surface area contributed by atoms with E-state index >= 15 is 0 Å². The summed E-state index contributed by atoms with van der Waals surface area (Å²) >= 11 is 0. The van der Waals surface area contributed by atoms with E-state index in [4.69, 9.17) is 9.47 Å². The van der Waals surface area contributed by atoms with E-state index in [1.165, 1.54) is 11.1 Å². The first-order valence-corrected chi connectivity index (χ1v) is 9.33. The Balaban J connectivity index is 1.60. The van der Waals surface area contributed by atoms with Gasteiger partial charge < -0.3 is 14.8 Å². The van der Waals surface area contributed by atoms with E-state index in [9.17, 15) is 0 Å². The average molecular weight is 339 g/mol. The molecule has 0 radical (unpaired) electrons. The highest BCUT2D eigenvalue weighted by molar-refractivity contribution is 5.31. The van der Waals surface area contributed by atoms with Crippen molar-refractivity contribution in [3.05, 3.63) is 71.8 Å². The van der Waals surface area contributed by atoms with E-state index in [0.29, 0.717) is 25.4 Å². The predicted octanol–water partition coefficient (Wildman–Crippen LogP) is 4.34. The van der Waals surface area contributed by atoms with Gasteiger partial charge in [-0.15, -0.1) is 0 Å². The number of methoxy groups -OCH3 is 1. The van der Waals surface area contributed by atoms with Gasteiger partial charge in [-0.25, -0.2) is 0 Å². The van der Waals surface area contributed by atoms with Gasteiger partial charge >= 0.3 is 0 Å². The number of hydrogen-bond donors (Lipinski definition) is 1. The quantitative estimate of drug-likeness (QED) is 0.726. The molecule has 0 amide bonds. The fourth-order valence-corrected chi connectivity index (χ4v) is 3.61. The van der Waals surface area contributed by atoms with Gasteiger partial charge in [-0.3, -0.25) is 0 Å². The van der Waals surface area contributed by atoms with Crippen LogP contribution in [0.1, 0.15) is 42.9 Å². The summed E-state index contributed by atoms with van der Waals surface area (Å²) in [6.07, 6.45) is 4.96. The van der Waals surface area contributed by atoms with Gasteiger partial charge in [0.1, 0.15) is 0 Å². The Kier molecular flexibility index (Phi) is 7.04. The standard InChI is InChI=1S/C22H29NO2/c1-24-16-17-25-21-14-12-20(13-15-21)23-22(18-8-4-2-5-9-18)19-10-6-3-7-11-19/h2-11,20-23H,12-17H2,1H3. The lowest BCUT2D eigenvalue weighted by Crippen LogP contribution is -2.38. The lowest BCUT2D eigenvalue weighted by Gasteiger charge is -2.32. The maximum atomic E-state index is 5.89. The van der Waals surface area contributed by atoms with Gasteiger partial charge in [0.25, 0.3) is 0 Å². The molecule has 0 saturated heterocycles. The molecule has 1 saturated carbocycles. The Bertz CT molecular complexity index is 554. The third kappa shape index (κ3) is 5.40. The van der Waals surface area contributed by atoms with Crippen LogP contribution in [0.15, 0.2) is 60.7 Å². The highest BCUT2D eigenvalue weighted by atomic mass is 16.5. The van der Waals surface area contributed by atoms with Crippen molar-refractivity contribution >= 4 is 0 Å². The molecule has 2 aromatic carbocycles. The molecule has 0 aromatic heterocycles. The van der Waals surface area contributed by atoms with Gasteiger partial charge in [0.05, 0.1) is 25.4 Å². The summed E-state index contributed by atoms with van der Waals surface area (Å²) in [4.78, 5) is 0. The van der Waals surface area contributed by atoms with E-state index in [-0.39, 0.29) is 6.04 Å². The molecule has 0 heterocycles. The van der Waals surface area contributed by atoms with E-state index < -0.39 is 0 Å². The monoisotopic (exact) mass is 339 g/mol. The molecule has 25 heavy (non-hydrogen) atoms. The molecule has 0 spiro atoms. The first-order valence-electron chi connectivity index (χ1n) is 9.33. The summed E-state index contributed by atoms with van der Waals surface area (Å²) in [6, 6.07) is 22.3. The van der Waals surface area contributed by atoms with E-state index in [0.717, 1.165) is 25.7 Å². The first kappa shape index (κ1) is 18.1. The zero-order valence-corrected chi connectivity index (χ0v) is 15.1. The van der Waals surface area contributed by atoms with E-state index in [1.807, 2.05) is 0 Å². The van der Waals surface area contributed by atoms with Crippen molar-refractivity contribution in [1.29, 1.82) is 0 Å². The Hall–Kier alpha value is -1.68. The normalized spacial score (nSPS) is 20.7. The number of ether oxygens (including phenoxy) is 2. The second-order valence-corrected chi connectivity index (χ2v) is 6.76. The maximum Gasteiger partial charge on any atom is 0.0704 e. The summed E-state index contributed by atoms with van der Waals surface area (Å²) in [5.74, 6) is 0. The highest BCUT2D eigenvalue weighted by Gasteiger charge is 2.24. The topological polar surface area (TPSA) is 30.5 Å². The smallest absolute Gasteiger partial charge is 0.0704 e. The van der Waals surface area contributed by atoms with Crippen molar-refractivity contribution in [2.75, 3.05) is 20.3 Å². The second-order valence-electron chi connectivity index (χ2n) is 6.76. The van der Waals surface area contributed by atoms with Gasteiger partial charge in [-0.1, -0.05) is 60.7 Å². The molecule has 3 rings (SSSR count). The Morgan fingerprint density at radius 1 is 0.840 bits per heavy atom. The van der Waals surface area contributed by atoms with Crippen molar-refractivity contribution in [3.8, 4) is 0 Å². The number of hydrogen-bond acceptors (Lipinski definition) is 3. The van der Waals surface area contributed by atoms with Crippen LogP contribution in [-0.4, -0.2) is 32.5 Å². The molecule has 0 atom stereocenters. The average Bonchev–Trinajstić information content (AvgIpc) is 2.69. The fourth-order valence-electron chi connectivity index (χ4n) is 3.61. The minimum Gasteiger partial charge on any atom is -0.382 e. The summed E-state index contributed by atoms with van der Waals surface area (Å²) < 4.78 is 11.0. The zero-order valence-electron chi connectivity index (χ0n) is 15.1. The van der Waals surface area contributed by atoms with Gasteiger partial charge in [0, 0.05) is 13.2 Å². The molecule has 134 valence electrons. The number of rotatable bonds is 8. The van der Waals surface area contributed by atoms with Crippen LogP contribution >= 0.6 is 0 Å². The summed E-state index contributed by atoms with van der Waals surface area (Å²) in [5.41, 5.74) is 2.65. The Morgan fingerprint density at radius 2 is 1.40 bits per heavy atom. The van der Waals surface area contributed by atoms with Crippen LogP contribution in [0.5, 0.6) is 0 Å². The molecule has 3 heteroatoms. The molecule has 1 N–H and O–H groups in total. The SMILES string of the molecule is COCCOC1CCC(NC(c2ccccc2)c2ccccc2)CC1. The Morgan fingerprint density at radius 3 is 1.92 bits per heavy atom. The van der Waals surface area contributed by atoms with Crippen LogP contribution in [0.25, 0.3) is 0 Å². The summed E-state index contributed by atoms with van der Waals surface area (Å²) in [6.45, 7) is 1.39. The molecule has 0 unspecified atom stereocenters. The van der Waals surface area contributed by atoms with E-state index in [1.54, 1.807) is 7.11 Å². The van der Waals surface area contributed by atoms with Crippen LogP contribution in [-0.2, 0) is 9.47 Å². The third-order valence-electron chi connectivity index (χ3n) is 4.98. The lowest BCUT2D eigenvalue weighted by molar-refractivity contribution is -0.00462. The van der Waals surface area contributed by atoms with Crippen LogP contribution in [0.2, 0.25) is 0 Å². The van der Waals surface area contributed by atoms with Crippen LogP contribution in [0.4, 0.5) is 0 Å². The fraction of sp³-hybridized carbons (Fsp3) is 0.455. The maximum absolute atomic E-state index is 5.89. The molecule has 3 nitrogen and oxygen atoms in total. The molecule has 1 fully saturated rings. The third-order valence-corrected chi connectivity index (χ3v) is 4.98. The molecule has 0 aliphatic heterocycles. The van der Waals surface area contributed by atoms with Crippen LogP contribution in [0, 0.1) is 0 Å². The van der Waals surface area contributed by atoms with Gasteiger partial charge in [0.2, 0.25) is 0 Å². The van der Waals surface area contributed by atoms with Crippen molar-refractivity contribution in [2.24, 2.45) is 0 Å². The van der Waals surface area contributed by atoms with Crippen molar-refractivity contribution in [1.82, 2.24) is 5.32 Å². The predicted molar refractivity (Wildman–Crippen MR) is 102 cm³/mol. The minimum absolute atomic E-state index is 0.248. The Labute approximate surface area is 151 Å². The first-order chi connectivity index (χ1) is 12.4. The van der Waals surface area contributed by atoms with Crippen molar-refractivity contribution in [2.45, 2.75) is 43.9 Å². The molecule has 1 aliphatic carbocycles. The zero-order chi connectivity index (χ0) is 17.3. The largest absolute Gasteiger partial charge is 0.382 e. The minimum atomic E-state index is 0.248. The van der Waals surface area contributed by atoms with Crippen LogP contribution < -0.4 is 5.32 Å². The molecular weight excluding hydrogens is 310 g/mol. The van der Waals surface area contributed by atoms with Crippen molar-refractivity contribution < 1.29 is 9.47 Å².